The Morgan fingerprint density at radius 3 is 2.62 bits per heavy atom. The number of carbonyl (C=O) groups is 1. The molecule has 2 N–H and O–H groups in total. The number of aliphatic hydroxyl groups excluding tert-OH is 1. The molecule has 114 valence electrons. The van der Waals surface area contributed by atoms with Crippen LogP contribution in [0.2, 0.25) is 0 Å². The Balaban J connectivity index is 2.26. The number of hydrogen-bond donors (Lipinski definition) is 2. The minimum Gasteiger partial charge on any atom is -0.391 e. The quantitative estimate of drug-likeness (QED) is 0.658. The van der Waals surface area contributed by atoms with Crippen LogP contribution in [-0.4, -0.2) is 28.1 Å². The van der Waals surface area contributed by atoms with Crippen LogP contribution >= 0.6 is 0 Å². The van der Waals surface area contributed by atoms with Crippen molar-refractivity contribution in [2.24, 2.45) is 0 Å². The maximum atomic E-state index is 13.9. The van der Waals surface area contributed by atoms with Crippen molar-refractivity contribution in [1.82, 2.24) is 5.32 Å². The molecule has 1 aliphatic carbocycles. The first-order chi connectivity index (χ1) is 9.91. The van der Waals surface area contributed by atoms with E-state index in [1.165, 1.54) is 0 Å². The first-order valence-electron chi connectivity index (χ1n) is 6.53. The zero-order chi connectivity index (χ0) is 15.6. The first kappa shape index (κ1) is 15.3. The number of nitro groups is 1. The van der Waals surface area contributed by atoms with Crippen LogP contribution in [0.4, 0.5) is 14.5 Å². The highest BCUT2D eigenvalue weighted by Gasteiger charge is 2.30. The molecule has 0 spiro atoms. The molecular weight excluding hydrogens is 286 g/mol. The predicted molar refractivity (Wildman–Crippen MR) is 68.7 cm³/mol. The second-order valence-electron chi connectivity index (χ2n) is 4.94. The molecule has 0 heterocycles. The zero-order valence-corrected chi connectivity index (χ0v) is 11.0. The maximum absolute atomic E-state index is 13.9. The van der Waals surface area contributed by atoms with Crippen LogP contribution in [0.5, 0.6) is 0 Å². The zero-order valence-electron chi connectivity index (χ0n) is 11.0. The van der Waals surface area contributed by atoms with Gasteiger partial charge >= 0.3 is 5.69 Å². The number of halogens is 2. The molecule has 0 aliphatic heterocycles. The maximum Gasteiger partial charge on any atom is 0.305 e. The lowest BCUT2D eigenvalue weighted by atomic mass is 9.92. The van der Waals surface area contributed by atoms with Crippen LogP contribution in [-0.2, 0) is 0 Å². The van der Waals surface area contributed by atoms with Gasteiger partial charge in [-0.3, -0.25) is 14.9 Å². The van der Waals surface area contributed by atoms with E-state index in [1.54, 1.807) is 0 Å². The Bertz CT molecular complexity index is 580. The van der Waals surface area contributed by atoms with Gasteiger partial charge in [0.25, 0.3) is 5.91 Å². The summed E-state index contributed by atoms with van der Waals surface area (Å²) in [5.41, 5.74) is -1.97. The molecule has 8 heteroatoms. The normalized spacial score (nSPS) is 21.9. The summed E-state index contributed by atoms with van der Waals surface area (Å²) >= 11 is 0. The minimum absolute atomic E-state index is 0.491. The Hall–Kier alpha value is -2.09. The highest BCUT2D eigenvalue weighted by molar-refractivity contribution is 5.95. The molecule has 0 aromatic heterocycles. The number of nitrogens with one attached hydrogen (secondary N) is 1. The smallest absolute Gasteiger partial charge is 0.305 e. The van der Waals surface area contributed by atoms with Gasteiger partial charge in [0.05, 0.1) is 17.1 Å². The van der Waals surface area contributed by atoms with E-state index in [1.807, 2.05) is 0 Å². The second-order valence-corrected chi connectivity index (χ2v) is 4.94. The number of rotatable bonds is 3. The molecule has 1 fully saturated rings. The second kappa shape index (κ2) is 6.13. The van der Waals surface area contributed by atoms with Crippen LogP contribution < -0.4 is 5.32 Å². The number of nitrogens with zero attached hydrogens (tertiary/aromatic N) is 1. The highest BCUT2D eigenvalue weighted by Crippen LogP contribution is 2.24. The monoisotopic (exact) mass is 300 g/mol. The van der Waals surface area contributed by atoms with Crippen molar-refractivity contribution < 1.29 is 23.6 Å². The number of carbonyl (C=O) groups excluding carboxylic acids is 1. The molecule has 1 saturated carbocycles. The van der Waals surface area contributed by atoms with Crippen molar-refractivity contribution in [2.45, 2.75) is 37.8 Å². The first-order valence-corrected chi connectivity index (χ1v) is 6.53. The lowest BCUT2D eigenvalue weighted by Crippen LogP contribution is -2.45. The van der Waals surface area contributed by atoms with Crippen molar-refractivity contribution in [3.8, 4) is 0 Å². The molecular formula is C13H14F2N2O4. The molecule has 1 aliphatic rings. The average Bonchev–Trinajstić information content (AvgIpc) is 2.41. The van der Waals surface area contributed by atoms with Crippen molar-refractivity contribution in [3.05, 3.63) is 39.4 Å². The van der Waals surface area contributed by atoms with E-state index in [4.69, 9.17) is 0 Å². The molecule has 0 unspecified atom stereocenters. The van der Waals surface area contributed by atoms with Crippen molar-refractivity contribution in [3.63, 3.8) is 0 Å². The third-order valence-electron chi connectivity index (χ3n) is 3.54. The van der Waals surface area contributed by atoms with E-state index in [9.17, 15) is 28.8 Å². The third-order valence-corrected chi connectivity index (χ3v) is 3.54. The van der Waals surface area contributed by atoms with E-state index in [2.05, 4.69) is 5.32 Å². The molecule has 0 bridgehead atoms. The van der Waals surface area contributed by atoms with Gasteiger partial charge in [0.2, 0.25) is 5.82 Å². The van der Waals surface area contributed by atoms with E-state index in [-0.39, 0.29) is 0 Å². The Kier molecular flexibility index (Phi) is 4.46. The highest BCUT2D eigenvalue weighted by atomic mass is 19.1. The van der Waals surface area contributed by atoms with Gasteiger partial charge in [-0.2, -0.15) is 4.39 Å². The molecule has 1 aromatic carbocycles. The summed E-state index contributed by atoms with van der Waals surface area (Å²) in [6.45, 7) is 0. The lowest BCUT2D eigenvalue weighted by molar-refractivity contribution is -0.387. The topological polar surface area (TPSA) is 92.5 Å². The summed E-state index contributed by atoms with van der Waals surface area (Å²) < 4.78 is 27.5. The van der Waals surface area contributed by atoms with Gasteiger partial charge < -0.3 is 10.4 Å². The molecule has 2 atom stereocenters. The fourth-order valence-corrected chi connectivity index (χ4v) is 2.41. The van der Waals surface area contributed by atoms with Crippen LogP contribution in [0.25, 0.3) is 0 Å². The SMILES string of the molecule is O=C(N[C@@H]1CCCC[C@H]1O)c1c(F)ccc([N+](=O)[O-])c1F. The molecule has 6 nitrogen and oxygen atoms in total. The summed E-state index contributed by atoms with van der Waals surface area (Å²) in [5, 5.41) is 22.7. The number of hydrogen-bond acceptors (Lipinski definition) is 4. The molecule has 1 amide bonds. The summed E-state index contributed by atoms with van der Waals surface area (Å²) in [6.07, 6.45) is 1.79. The van der Waals surface area contributed by atoms with Crippen LogP contribution in [0, 0.1) is 21.7 Å². The van der Waals surface area contributed by atoms with Crippen molar-refractivity contribution >= 4 is 11.6 Å². The molecule has 1 aromatic rings. The van der Waals surface area contributed by atoms with Gasteiger partial charge in [0, 0.05) is 6.07 Å². The molecule has 2 rings (SSSR count). The van der Waals surface area contributed by atoms with Gasteiger partial charge in [0.15, 0.2) is 0 Å². The molecule has 0 saturated heterocycles. The third kappa shape index (κ3) is 3.15. The number of amides is 1. The minimum atomic E-state index is -1.51. The summed E-state index contributed by atoms with van der Waals surface area (Å²) in [5.74, 6) is -3.79. The van der Waals surface area contributed by atoms with E-state index >= 15 is 0 Å². The molecule has 0 radical (unpaired) electrons. The van der Waals surface area contributed by atoms with Gasteiger partial charge in [-0.15, -0.1) is 0 Å². The number of aliphatic hydroxyl groups is 1. The van der Waals surface area contributed by atoms with Gasteiger partial charge in [-0.1, -0.05) is 12.8 Å². The lowest BCUT2D eigenvalue weighted by Gasteiger charge is -2.28. The van der Waals surface area contributed by atoms with E-state index in [0.29, 0.717) is 25.0 Å². The fraction of sp³-hybridized carbons (Fsp3) is 0.462. The average molecular weight is 300 g/mol. The van der Waals surface area contributed by atoms with Crippen LogP contribution in [0.15, 0.2) is 12.1 Å². The van der Waals surface area contributed by atoms with E-state index in [0.717, 1.165) is 12.8 Å². The largest absolute Gasteiger partial charge is 0.391 e. The van der Waals surface area contributed by atoms with Crippen LogP contribution in [0.1, 0.15) is 36.0 Å². The van der Waals surface area contributed by atoms with Gasteiger partial charge in [-0.05, 0) is 18.9 Å². The summed E-state index contributed by atoms with van der Waals surface area (Å²) in [4.78, 5) is 21.5. The van der Waals surface area contributed by atoms with E-state index < -0.39 is 45.9 Å². The fourth-order valence-electron chi connectivity index (χ4n) is 2.41. The number of nitro benzene ring substituents is 1. The Morgan fingerprint density at radius 2 is 2.00 bits per heavy atom. The summed E-state index contributed by atoms with van der Waals surface area (Å²) in [7, 11) is 0. The predicted octanol–water partition coefficient (Wildman–Crippen LogP) is 1.91. The van der Waals surface area contributed by atoms with Gasteiger partial charge in [-0.25, -0.2) is 4.39 Å². The van der Waals surface area contributed by atoms with Crippen LogP contribution in [0.3, 0.4) is 0 Å². The Morgan fingerprint density at radius 1 is 1.33 bits per heavy atom. The summed E-state index contributed by atoms with van der Waals surface area (Å²) in [6, 6.07) is 0.731. The standard InChI is InChI=1S/C13H14F2N2O4/c14-7-5-6-9(17(20)21)12(15)11(7)13(19)16-8-3-1-2-4-10(8)18/h5-6,8,10,18H,1-4H2,(H,16,19)/t8-,10-/m1/s1. The number of benzene rings is 1. The Labute approximate surface area is 118 Å². The van der Waals surface area contributed by atoms with Crippen molar-refractivity contribution in [2.75, 3.05) is 0 Å². The van der Waals surface area contributed by atoms with Crippen molar-refractivity contribution in [1.29, 1.82) is 0 Å². The van der Waals surface area contributed by atoms with Gasteiger partial charge in [0.1, 0.15) is 11.4 Å². The molecule has 21 heavy (non-hydrogen) atoms.